The summed E-state index contributed by atoms with van der Waals surface area (Å²) >= 11 is 0. The SMILES string of the molecule is CC(=O)Nc1ccc(S(=O)(=O)NCCC(=O)OC/C=C/c2ccccc2)cc1. The summed E-state index contributed by atoms with van der Waals surface area (Å²) in [6.07, 6.45) is 3.47. The molecule has 0 unspecified atom stereocenters. The van der Waals surface area contributed by atoms with Gasteiger partial charge in [0, 0.05) is 19.2 Å². The van der Waals surface area contributed by atoms with E-state index in [1.807, 2.05) is 36.4 Å². The number of benzene rings is 2. The third-order valence-corrected chi connectivity index (χ3v) is 5.03. The van der Waals surface area contributed by atoms with Crippen molar-refractivity contribution in [1.29, 1.82) is 0 Å². The average Bonchev–Trinajstić information content (AvgIpc) is 2.66. The third kappa shape index (κ3) is 7.34. The van der Waals surface area contributed by atoms with Crippen molar-refractivity contribution in [2.75, 3.05) is 18.5 Å². The first-order valence-electron chi connectivity index (χ1n) is 8.61. The van der Waals surface area contributed by atoms with Crippen molar-refractivity contribution in [3.63, 3.8) is 0 Å². The van der Waals surface area contributed by atoms with Gasteiger partial charge in [-0.15, -0.1) is 0 Å². The van der Waals surface area contributed by atoms with E-state index in [1.165, 1.54) is 31.2 Å². The smallest absolute Gasteiger partial charge is 0.307 e. The molecule has 0 saturated heterocycles. The molecule has 1 amide bonds. The fraction of sp³-hybridized carbons (Fsp3) is 0.200. The van der Waals surface area contributed by atoms with E-state index in [4.69, 9.17) is 4.74 Å². The number of carbonyl (C=O) groups excluding carboxylic acids is 2. The second-order valence-electron chi connectivity index (χ2n) is 5.85. The summed E-state index contributed by atoms with van der Waals surface area (Å²) in [5, 5.41) is 2.56. The van der Waals surface area contributed by atoms with Crippen molar-refractivity contribution >= 4 is 33.7 Å². The molecule has 28 heavy (non-hydrogen) atoms. The Bertz CT molecular complexity index is 923. The fourth-order valence-corrected chi connectivity index (χ4v) is 3.28. The van der Waals surface area contributed by atoms with E-state index in [0.717, 1.165) is 5.56 Å². The highest BCUT2D eigenvalue weighted by Crippen LogP contribution is 2.14. The molecule has 0 atom stereocenters. The Morgan fingerprint density at radius 2 is 1.71 bits per heavy atom. The minimum Gasteiger partial charge on any atom is -0.461 e. The van der Waals surface area contributed by atoms with E-state index in [2.05, 4.69) is 10.0 Å². The van der Waals surface area contributed by atoms with Crippen molar-refractivity contribution in [3.05, 3.63) is 66.2 Å². The van der Waals surface area contributed by atoms with Crippen LogP contribution in [0.15, 0.2) is 65.6 Å². The van der Waals surface area contributed by atoms with Gasteiger partial charge in [0.05, 0.1) is 11.3 Å². The Balaban J connectivity index is 1.74. The predicted octanol–water partition coefficient (Wildman–Crippen LogP) is 2.57. The number of hydrogen-bond acceptors (Lipinski definition) is 5. The fourth-order valence-electron chi connectivity index (χ4n) is 2.25. The van der Waals surface area contributed by atoms with Crippen LogP contribution in [0.3, 0.4) is 0 Å². The van der Waals surface area contributed by atoms with Crippen LogP contribution < -0.4 is 10.0 Å². The Morgan fingerprint density at radius 1 is 1.04 bits per heavy atom. The third-order valence-electron chi connectivity index (χ3n) is 3.56. The number of ether oxygens (including phenoxy) is 1. The summed E-state index contributed by atoms with van der Waals surface area (Å²) in [5.41, 5.74) is 1.49. The van der Waals surface area contributed by atoms with Gasteiger partial charge in [-0.2, -0.15) is 0 Å². The standard InChI is InChI=1S/C20H22N2O5S/c1-16(23)22-18-9-11-19(12-10-18)28(25,26)21-14-13-20(24)27-15-5-8-17-6-3-2-4-7-17/h2-12,21H,13-15H2,1H3,(H,22,23)/b8-5+. The highest BCUT2D eigenvalue weighted by molar-refractivity contribution is 7.89. The summed E-state index contributed by atoms with van der Waals surface area (Å²) in [6.45, 7) is 1.41. The average molecular weight is 402 g/mol. The molecule has 0 saturated carbocycles. The summed E-state index contributed by atoms with van der Waals surface area (Å²) in [5.74, 6) is -0.743. The van der Waals surface area contributed by atoms with Crippen LogP contribution in [0.2, 0.25) is 0 Å². The van der Waals surface area contributed by atoms with Gasteiger partial charge in [0.2, 0.25) is 15.9 Å². The lowest BCUT2D eigenvalue weighted by Gasteiger charge is -2.08. The number of amides is 1. The Morgan fingerprint density at radius 3 is 2.36 bits per heavy atom. The largest absolute Gasteiger partial charge is 0.461 e. The first kappa shape index (κ1) is 21.3. The second-order valence-corrected chi connectivity index (χ2v) is 7.62. The van der Waals surface area contributed by atoms with Gasteiger partial charge in [0.25, 0.3) is 0 Å². The summed E-state index contributed by atoms with van der Waals surface area (Å²) in [4.78, 5) is 22.7. The molecule has 8 heteroatoms. The molecule has 2 aromatic rings. The molecule has 0 aliphatic carbocycles. The van der Waals surface area contributed by atoms with Gasteiger partial charge >= 0.3 is 5.97 Å². The minimum absolute atomic E-state index is 0.0424. The molecule has 148 valence electrons. The van der Waals surface area contributed by atoms with E-state index in [1.54, 1.807) is 6.08 Å². The Kier molecular flexibility index (Phi) is 7.91. The molecule has 7 nitrogen and oxygen atoms in total. The first-order valence-corrected chi connectivity index (χ1v) is 10.1. The number of nitrogens with one attached hydrogen (secondary N) is 2. The molecular formula is C20H22N2O5S. The normalized spacial score (nSPS) is 11.3. The number of anilines is 1. The van der Waals surface area contributed by atoms with Gasteiger partial charge in [-0.3, -0.25) is 9.59 Å². The van der Waals surface area contributed by atoms with E-state index < -0.39 is 16.0 Å². The van der Waals surface area contributed by atoms with Crippen molar-refractivity contribution in [1.82, 2.24) is 4.72 Å². The zero-order valence-electron chi connectivity index (χ0n) is 15.4. The molecule has 2 aromatic carbocycles. The zero-order valence-corrected chi connectivity index (χ0v) is 16.2. The zero-order chi connectivity index (χ0) is 20.4. The Labute approximate surface area is 164 Å². The van der Waals surface area contributed by atoms with Crippen LogP contribution in [0.1, 0.15) is 18.9 Å². The molecule has 2 rings (SSSR count). The van der Waals surface area contributed by atoms with Gasteiger partial charge in [-0.05, 0) is 35.9 Å². The molecule has 0 aliphatic rings. The number of carbonyl (C=O) groups is 2. The molecule has 0 radical (unpaired) electrons. The predicted molar refractivity (Wildman–Crippen MR) is 107 cm³/mol. The quantitative estimate of drug-likeness (QED) is 0.628. The lowest BCUT2D eigenvalue weighted by Crippen LogP contribution is -2.26. The van der Waals surface area contributed by atoms with E-state index in [-0.39, 0.29) is 30.4 Å². The number of rotatable bonds is 9. The maximum Gasteiger partial charge on any atom is 0.307 e. The lowest BCUT2D eigenvalue weighted by atomic mass is 10.2. The number of esters is 1. The maximum absolute atomic E-state index is 12.2. The van der Waals surface area contributed by atoms with Gasteiger partial charge in [-0.25, -0.2) is 13.1 Å². The van der Waals surface area contributed by atoms with Crippen LogP contribution in [0.25, 0.3) is 6.08 Å². The lowest BCUT2D eigenvalue weighted by molar-refractivity contribution is -0.142. The summed E-state index contributed by atoms with van der Waals surface area (Å²) < 4.78 is 31.8. The molecule has 0 aromatic heterocycles. The second kappa shape index (κ2) is 10.4. The van der Waals surface area contributed by atoms with E-state index in [0.29, 0.717) is 5.69 Å². The van der Waals surface area contributed by atoms with E-state index >= 15 is 0 Å². The maximum atomic E-state index is 12.2. The summed E-state index contributed by atoms with van der Waals surface area (Å²) in [6, 6.07) is 15.3. The topological polar surface area (TPSA) is 102 Å². The van der Waals surface area contributed by atoms with Crippen molar-refractivity contribution in [3.8, 4) is 0 Å². The van der Waals surface area contributed by atoms with Gasteiger partial charge in [-0.1, -0.05) is 36.4 Å². The number of sulfonamides is 1. The highest BCUT2D eigenvalue weighted by atomic mass is 32.2. The van der Waals surface area contributed by atoms with Crippen LogP contribution >= 0.6 is 0 Å². The van der Waals surface area contributed by atoms with Crippen molar-refractivity contribution in [2.45, 2.75) is 18.2 Å². The van der Waals surface area contributed by atoms with Gasteiger partial charge in [0.1, 0.15) is 6.61 Å². The van der Waals surface area contributed by atoms with Crippen LogP contribution in [0, 0.1) is 0 Å². The summed E-state index contributed by atoms with van der Waals surface area (Å²) in [7, 11) is -3.75. The minimum atomic E-state index is -3.75. The molecule has 0 bridgehead atoms. The monoisotopic (exact) mass is 402 g/mol. The molecule has 0 heterocycles. The molecular weight excluding hydrogens is 380 g/mol. The molecule has 2 N–H and O–H groups in total. The Hall–Kier alpha value is -2.97. The first-order chi connectivity index (χ1) is 13.4. The highest BCUT2D eigenvalue weighted by Gasteiger charge is 2.14. The van der Waals surface area contributed by atoms with Crippen LogP contribution in [0.4, 0.5) is 5.69 Å². The van der Waals surface area contributed by atoms with Crippen LogP contribution in [-0.2, 0) is 24.3 Å². The van der Waals surface area contributed by atoms with Gasteiger partial charge < -0.3 is 10.1 Å². The molecule has 0 spiro atoms. The van der Waals surface area contributed by atoms with E-state index in [9.17, 15) is 18.0 Å². The number of hydrogen-bond donors (Lipinski definition) is 2. The van der Waals surface area contributed by atoms with Crippen molar-refractivity contribution < 1.29 is 22.7 Å². The van der Waals surface area contributed by atoms with Crippen LogP contribution in [0.5, 0.6) is 0 Å². The van der Waals surface area contributed by atoms with Gasteiger partial charge in [0.15, 0.2) is 0 Å². The van der Waals surface area contributed by atoms with Crippen LogP contribution in [-0.4, -0.2) is 33.4 Å². The molecule has 0 aliphatic heterocycles. The molecule has 0 fully saturated rings. The van der Waals surface area contributed by atoms with Crippen molar-refractivity contribution in [2.24, 2.45) is 0 Å².